The third kappa shape index (κ3) is 5.29. The quantitative estimate of drug-likeness (QED) is 0.561. The smallest absolute Gasteiger partial charge is 0.323 e. The minimum atomic E-state index is -1.03. The van der Waals surface area contributed by atoms with E-state index in [9.17, 15) is 14.4 Å². The standard InChI is InChI=1S/C19H27N3O4/c1-12(2)9-10-20-17(23)14(11-13-7-5-4-6-8-13)21-18(24)15-16(19(25)26)22(15)3/h4-8,12,14-16H,9-11H2,1-3H3,(H,20,23)(H,21,24)(H,25,26)/t14-,15-,16-,22?/m0/s1. The maximum atomic E-state index is 12.5. The molecule has 7 heteroatoms. The fourth-order valence-corrected chi connectivity index (χ4v) is 2.90. The number of hydrogen-bond acceptors (Lipinski definition) is 4. The van der Waals surface area contributed by atoms with Crippen LogP contribution in [0, 0.1) is 5.92 Å². The molecule has 0 spiro atoms. The Morgan fingerprint density at radius 2 is 1.81 bits per heavy atom. The van der Waals surface area contributed by atoms with Crippen LogP contribution in [0.3, 0.4) is 0 Å². The number of carboxylic acids is 1. The number of rotatable bonds is 9. The molecule has 26 heavy (non-hydrogen) atoms. The molecular weight excluding hydrogens is 334 g/mol. The van der Waals surface area contributed by atoms with Crippen LogP contribution < -0.4 is 10.6 Å². The number of amides is 2. The van der Waals surface area contributed by atoms with Gasteiger partial charge < -0.3 is 15.7 Å². The Kier molecular flexibility index (Phi) is 6.74. The zero-order valence-corrected chi connectivity index (χ0v) is 15.4. The first-order valence-corrected chi connectivity index (χ1v) is 8.88. The average Bonchev–Trinajstić information content (AvgIpc) is 3.26. The average molecular weight is 361 g/mol. The summed E-state index contributed by atoms with van der Waals surface area (Å²) >= 11 is 0. The molecule has 142 valence electrons. The van der Waals surface area contributed by atoms with Gasteiger partial charge in [-0.1, -0.05) is 44.2 Å². The number of carbonyl (C=O) groups excluding carboxylic acids is 2. The predicted octanol–water partition coefficient (Wildman–Crippen LogP) is 0.643. The zero-order valence-electron chi connectivity index (χ0n) is 15.4. The van der Waals surface area contributed by atoms with Crippen LogP contribution in [0.1, 0.15) is 25.8 Å². The Morgan fingerprint density at radius 3 is 2.35 bits per heavy atom. The van der Waals surface area contributed by atoms with Crippen LogP contribution >= 0.6 is 0 Å². The van der Waals surface area contributed by atoms with E-state index in [1.54, 1.807) is 7.05 Å². The van der Waals surface area contributed by atoms with Crippen molar-refractivity contribution in [3.8, 4) is 0 Å². The number of nitrogens with one attached hydrogen (secondary N) is 2. The highest BCUT2D eigenvalue weighted by molar-refractivity contribution is 5.97. The largest absolute Gasteiger partial charge is 0.480 e. The molecule has 1 heterocycles. The maximum absolute atomic E-state index is 12.5. The SMILES string of the molecule is CC(C)CCNC(=O)[C@H](Cc1ccccc1)NC(=O)[C@@H]1[C@@H](C(=O)O)N1C. The van der Waals surface area contributed by atoms with Crippen LogP contribution in [0.15, 0.2) is 30.3 Å². The van der Waals surface area contributed by atoms with E-state index in [1.165, 1.54) is 4.90 Å². The molecule has 2 rings (SSSR count). The molecule has 1 aromatic carbocycles. The van der Waals surface area contributed by atoms with Gasteiger partial charge in [-0.15, -0.1) is 0 Å². The molecule has 0 saturated carbocycles. The highest BCUT2D eigenvalue weighted by atomic mass is 16.4. The van der Waals surface area contributed by atoms with Crippen molar-refractivity contribution < 1.29 is 19.5 Å². The van der Waals surface area contributed by atoms with Crippen molar-refractivity contribution in [2.45, 2.75) is 44.8 Å². The van der Waals surface area contributed by atoms with Gasteiger partial charge in [-0.3, -0.25) is 19.3 Å². The normalized spacial score (nSPS) is 22.5. The molecule has 0 aromatic heterocycles. The van der Waals surface area contributed by atoms with Crippen molar-refractivity contribution in [1.82, 2.24) is 15.5 Å². The van der Waals surface area contributed by atoms with Crippen molar-refractivity contribution >= 4 is 17.8 Å². The van der Waals surface area contributed by atoms with Gasteiger partial charge in [-0.2, -0.15) is 0 Å². The van der Waals surface area contributed by atoms with Crippen molar-refractivity contribution in [3.63, 3.8) is 0 Å². The second-order valence-corrected chi connectivity index (χ2v) is 7.12. The summed E-state index contributed by atoms with van der Waals surface area (Å²) in [6.07, 6.45) is 1.21. The third-order valence-corrected chi connectivity index (χ3v) is 4.55. The summed E-state index contributed by atoms with van der Waals surface area (Å²) in [6, 6.07) is 7.13. The van der Waals surface area contributed by atoms with E-state index in [1.807, 2.05) is 30.3 Å². The van der Waals surface area contributed by atoms with Crippen LogP contribution in [0.25, 0.3) is 0 Å². The van der Waals surface area contributed by atoms with E-state index in [2.05, 4.69) is 24.5 Å². The summed E-state index contributed by atoms with van der Waals surface area (Å²) in [4.78, 5) is 37.5. The number of likely N-dealkylation sites (N-methyl/N-ethyl adjacent to an activating group) is 1. The maximum Gasteiger partial charge on any atom is 0.323 e. The van der Waals surface area contributed by atoms with E-state index in [-0.39, 0.29) is 5.91 Å². The molecular formula is C19H27N3O4. The summed E-state index contributed by atoms with van der Waals surface area (Å²) < 4.78 is 0. The van der Waals surface area contributed by atoms with Crippen molar-refractivity contribution in [3.05, 3.63) is 35.9 Å². The summed E-state index contributed by atoms with van der Waals surface area (Å²) in [5.41, 5.74) is 0.927. The Labute approximate surface area is 153 Å². The van der Waals surface area contributed by atoms with Gasteiger partial charge in [0.1, 0.15) is 18.1 Å². The molecule has 2 amide bonds. The topological polar surface area (TPSA) is 98.5 Å². The zero-order chi connectivity index (χ0) is 19.3. The van der Waals surface area contributed by atoms with Crippen LogP contribution in [-0.2, 0) is 20.8 Å². The minimum Gasteiger partial charge on any atom is -0.480 e. The highest BCUT2D eigenvalue weighted by Gasteiger charge is 2.55. The molecule has 1 unspecified atom stereocenters. The monoisotopic (exact) mass is 361 g/mol. The lowest BCUT2D eigenvalue weighted by atomic mass is 10.0. The molecule has 1 saturated heterocycles. The fourth-order valence-electron chi connectivity index (χ4n) is 2.90. The second-order valence-electron chi connectivity index (χ2n) is 7.12. The van der Waals surface area contributed by atoms with Gasteiger partial charge >= 0.3 is 5.97 Å². The van der Waals surface area contributed by atoms with Crippen LogP contribution in [0.2, 0.25) is 0 Å². The molecule has 1 aromatic rings. The molecule has 3 N–H and O–H groups in total. The molecule has 4 atom stereocenters. The lowest BCUT2D eigenvalue weighted by molar-refractivity contribution is -0.137. The van der Waals surface area contributed by atoms with Crippen LogP contribution in [0.4, 0.5) is 0 Å². The number of carboxylic acid groups (broad SMARTS) is 1. The van der Waals surface area contributed by atoms with Gasteiger partial charge in [0, 0.05) is 13.0 Å². The first kappa shape index (κ1) is 19.9. The molecule has 1 aliphatic rings. The van der Waals surface area contributed by atoms with Gasteiger partial charge in [-0.25, -0.2) is 0 Å². The Balaban J connectivity index is 2.01. The second kappa shape index (κ2) is 8.80. The van der Waals surface area contributed by atoms with E-state index in [0.29, 0.717) is 18.9 Å². The van der Waals surface area contributed by atoms with Gasteiger partial charge in [0.15, 0.2) is 0 Å². The van der Waals surface area contributed by atoms with E-state index < -0.39 is 30.0 Å². The van der Waals surface area contributed by atoms with E-state index in [0.717, 1.165) is 12.0 Å². The lowest BCUT2D eigenvalue weighted by Gasteiger charge is -2.19. The fraction of sp³-hybridized carbons (Fsp3) is 0.526. The van der Waals surface area contributed by atoms with Gasteiger partial charge in [0.2, 0.25) is 11.8 Å². The number of benzene rings is 1. The molecule has 0 aliphatic carbocycles. The molecule has 1 aliphatic heterocycles. The van der Waals surface area contributed by atoms with Crippen molar-refractivity contribution in [1.29, 1.82) is 0 Å². The van der Waals surface area contributed by atoms with Crippen molar-refractivity contribution in [2.75, 3.05) is 13.6 Å². The predicted molar refractivity (Wildman–Crippen MR) is 97.5 cm³/mol. The Hall–Kier alpha value is -2.41. The summed E-state index contributed by atoms with van der Waals surface area (Å²) in [5, 5.41) is 14.7. The molecule has 7 nitrogen and oxygen atoms in total. The first-order valence-electron chi connectivity index (χ1n) is 8.88. The number of hydrogen-bond donors (Lipinski definition) is 3. The van der Waals surface area contributed by atoms with Gasteiger partial charge in [0.05, 0.1) is 0 Å². The highest BCUT2D eigenvalue weighted by Crippen LogP contribution is 2.26. The van der Waals surface area contributed by atoms with Crippen LogP contribution in [-0.4, -0.2) is 59.5 Å². The molecule has 1 fully saturated rings. The first-order chi connectivity index (χ1) is 12.3. The minimum absolute atomic E-state index is 0.252. The molecule has 0 bridgehead atoms. The van der Waals surface area contributed by atoms with Crippen LogP contribution in [0.5, 0.6) is 0 Å². The summed E-state index contributed by atoms with van der Waals surface area (Å²) in [7, 11) is 1.58. The third-order valence-electron chi connectivity index (χ3n) is 4.55. The Bertz CT molecular complexity index is 647. The summed E-state index contributed by atoms with van der Waals surface area (Å²) in [5.74, 6) is -1.25. The molecule has 0 radical (unpaired) electrons. The van der Waals surface area contributed by atoms with Crippen molar-refractivity contribution in [2.24, 2.45) is 5.92 Å². The lowest BCUT2D eigenvalue weighted by Crippen LogP contribution is -2.50. The van der Waals surface area contributed by atoms with E-state index in [4.69, 9.17) is 5.11 Å². The van der Waals surface area contributed by atoms with Gasteiger partial charge in [0.25, 0.3) is 0 Å². The van der Waals surface area contributed by atoms with E-state index >= 15 is 0 Å². The number of nitrogens with zero attached hydrogens (tertiary/aromatic N) is 1. The number of aliphatic carboxylic acids is 1. The number of carbonyl (C=O) groups is 3. The summed E-state index contributed by atoms with van der Waals surface area (Å²) in [6.45, 7) is 4.69. The Morgan fingerprint density at radius 1 is 1.15 bits per heavy atom. The van der Waals surface area contributed by atoms with Gasteiger partial charge in [-0.05, 0) is 24.9 Å².